The maximum absolute atomic E-state index is 12.8. The van der Waals surface area contributed by atoms with E-state index in [0.29, 0.717) is 12.5 Å². The Bertz CT molecular complexity index is 483. The van der Waals surface area contributed by atoms with Crippen LogP contribution in [0, 0.1) is 5.41 Å². The van der Waals surface area contributed by atoms with Crippen molar-refractivity contribution in [1.82, 2.24) is 4.90 Å². The topological polar surface area (TPSA) is 46.3 Å². The molecule has 1 aliphatic carbocycles. The number of fused-ring (bicyclic) bond motifs is 1. The first-order chi connectivity index (χ1) is 9.25. The van der Waals surface area contributed by atoms with Crippen LogP contribution in [0.15, 0.2) is 24.3 Å². The average molecular weight is 295 g/mol. The molecule has 1 aromatic carbocycles. The van der Waals surface area contributed by atoms with Gasteiger partial charge < -0.3 is 10.6 Å². The van der Waals surface area contributed by atoms with Gasteiger partial charge in [0.1, 0.15) is 0 Å². The maximum Gasteiger partial charge on any atom is 0.230 e. The van der Waals surface area contributed by atoms with E-state index in [1.165, 1.54) is 11.1 Å². The lowest BCUT2D eigenvalue weighted by Gasteiger charge is -2.36. The van der Waals surface area contributed by atoms with Crippen LogP contribution in [0.3, 0.4) is 0 Å². The normalized spacial score (nSPS) is 20.1. The number of hydrogen-bond donors (Lipinski definition) is 1. The van der Waals surface area contributed by atoms with Crippen LogP contribution in [0.1, 0.15) is 36.8 Å². The number of hydrogen-bond acceptors (Lipinski definition) is 2. The molecule has 110 valence electrons. The fourth-order valence-corrected chi connectivity index (χ4v) is 3.56. The fourth-order valence-electron chi connectivity index (χ4n) is 3.56. The highest BCUT2D eigenvalue weighted by molar-refractivity contribution is 5.85. The lowest BCUT2D eigenvalue weighted by Crippen LogP contribution is -2.48. The lowest BCUT2D eigenvalue weighted by molar-refractivity contribution is -0.142. The van der Waals surface area contributed by atoms with Crippen molar-refractivity contribution in [3.05, 3.63) is 35.4 Å². The van der Waals surface area contributed by atoms with Gasteiger partial charge in [0.05, 0.1) is 5.41 Å². The highest BCUT2D eigenvalue weighted by Gasteiger charge is 2.42. The van der Waals surface area contributed by atoms with E-state index in [9.17, 15) is 4.79 Å². The molecule has 0 unspecified atom stereocenters. The number of carbonyl (C=O) groups excluding carboxylic acids is 1. The molecule has 0 atom stereocenters. The third-order valence-electron chi connectivity index (χ3n) is 4.82. The second-order valence-electron chi connectivity index (χ2n) is 5.94. The van der Waals surface area contributed by atoms with E-state index >= 15 is 0 Å². The molecule has 0 saturated heterocycles. The standard InChI is InChI=1S/C16H22N2O.ClH/c17-12-16(8-3-4-9-16)15(19)18-10-7-13-5-1-2-6-14(13)11-18;/h1-2,5-6H,3-4,7-12,17H2;1H. The van der Waals surface area contributed by atoms with Gasteiger partial charge in [0.2, 0.25) is 5.91 Å². The lowest BCUT2D eigenvalue weighted by atomic mass is 9.84. The Morgan fingerprint density at radius 1 is 1.20 bits per heavy atom. The minimum atomic E-state index is -0.258. The Morgan fingerprint density at radius 2 is 1.85 bits per heavy atom. The minimum absolute atomic E-state index is 0. The van der Waals surface area contributed by atoms with Gasteiger partial charge in [-0.05, 0) is 30.4 Å². The van der Waals surface area contributed by atoms with Crippen LogP contribution < -0.4 is 5.73 Å². The van der Waals surface area contributed by atoms with Crippen LogP contribution in [0.4, 0.5) is 0 Å². The van der Waals surface area contributed by atoms with Crippen LogP contribution in [0.25, 0.3) is 0 Å². The highest BCUT2D eigenvalue weighted by Crippen LogP contribution is 2.39. The molecule has 0 bridgehead atoms. The summed E-state index contributed by atoms with van der Waals surface area (Å²) in [4.78, 5) is 14.8. The number of carbonyl (C=O) groups is 1. The Morgan fingerprint density at radius 3 is 2.50 bits per heavy atom. The van der Waals surface area contributed by atoms with Gasteiger partial charge >= 0.3 is 0 Å². The van der Waals surface area contributed by atoms with E-state index in [4.69, 9.17) is 5.73 Å². The van der Waals surface area contributed by atoms with Gasteiger partial charge in [0, 0.05) is 19.6 Å². The molecule has 0 spiro atoms. The largest absolute Gasteiger partial charge is 0.338 e. The zero-order chi connectivity index (χ0) is 13.3. The molecular formula is C16H23ClN2O. The molecule has 1 aromatic rings. The van der Waals surface area contributed by atoms with Gasteiger partial charge in [-0.2, -0.15) is 0 Å². The summed E-state index contributed by atoms with van der Waals surface area (Å²) < 4.78 is 0. The van der Waals surface area contributed by atoms with Gasteiger partial charge in [-0.1, -0.05) is 37.1 Å². The second kappa shape index (κ2) is 6.15. The quantitative estimate of drug-likeness (QED) is 0.911. The van der Waals surface area contributed by atoms with Crippen LogP contribution in [0.5, 0.6) is 0 Å². The number of rotatable bonds is 2. The highest BCUT2D eigenvalue weighted by atomic mass is 35.5. The molecule has 20 heavy (non-hydrogen) atoms. The molecule has 3 rings (SSSR count). The van der Waals surface area contributed by atoms with E-state index in [0.717, 1.165) is 45.2 Å². The smallest absolute Gasteiger partial charge is 0.230 e. The van der Waals surface area contributed by atoms with Gasteiger partial charge in [0.15, 0.2) is 0 Å². The molecule has 1 aliphatic heterocycles. The Balaban J connectivity index is 0.00000147. The summed E-state index contributed by atoms with van der Waals surface area (Å²) in [5, 5.41) is 0. The number of halogens is 1. The van der Waals surface area contributed by atoms with Crippen molar-refractivity contribution in [3.8, 4) is 0 Å². The molecular weight excluding hydrogens is 272 g/mol. The molecule has 1 amide bonds. The molecule has 2 aliphatic rings. The summed E-state index contributed by atoms with van der Waals surface area (Å²) in [6.45, 7) is 2.11. The fraction of sp³-hybridized carbons (Fsp3) is 0.562. The maximum atomic E-state index is 12.8. The van der Waals surface area contributed by atoms with E-state index in [2.05, 4.69) is 24.3 Å². The molecule has 0 aromatic heterocycles. The Labute approximate surface area is 126 Å². The van der Waals surface area contributed by atoms with Crippen molar-refractivity contribution >= 4 is 18.3 Å². The molecule has 2 N–H and O–H groups in total. The van der Waals surface area contributed by atoms with E-state index in [1.807, 2.05) is 4.90 Å². The number of amides is 1. The van der Waals surface area contributed by atoms with Crippen LogP contribution in [-0.2, 0) is 17.8 Å². The second-order valence-corrected chi connectivity index (χ2v) is 5.94. The van der Waals surface area contributed by atoms with Gasteiger partial charge in [-0.25, -0.2) is 0 Å². The van der Waals surface area contributed by atoms with Crippen molar-refractivity contribution in [3.63, 3.8) is 0 Å². The Hall–Kier alpha value is -1.06. The SMILES string of the molecule is Cl.NCC1(C(=O)N2CCc3ccccc3C2)CCCC1. The van der Waals surface area contributed by atoms with Gasteiger partial charge in [0.25, 0.3) is 0 Å². The summed E-state index contributed by atoms with van der Waals surface area (Å²) in [6, 6.07) is 8.44. The molecule has 4 heteroatoms. The third-order valence-corrected chi connectivity index (χ3v) is 4.82. The monoisotopic (exact) mass is 294 g/mol. The molecule has 1 saturated carbocycles. The summed E-state index contributed by atoms with van der Waals surface area (Å²) in [7, 11) is 0. The third kappa shape index (κ3) is 2.57. The van der Waals surface area contributed by atoms with Crippen LogP contribution in [-0.4, -0.2) is 23.9 Å². The first kappa shape index (κ1) is 15.3. The van der Waals surface area contributed by atoms with Crippen LogP contribution in [0.2, 0.25) is 0 Å². The van der Waals surface area contributed by atoms with Crippen LogP contribution >= 0.6 is 12.4 Å². The van der Waals surface area contributed by atoms with Crippen molar-refractivity contribution < 1.29 is 4.79 Å². The zero-order valence-corrected chi connectivity index (χ0v) is 12.6. The molecule has 3 nitrogen and oxygen atoms in total. The van der Waals surface area contributed by atoms with Crippen molar-refractivity contribution in [2.24, 2.45) is 11.1 Å². The molecule has 1 heterocycles. The number of nitrogens with zero attached hydrogens (tertiary/aromatic N) is 1. The van der Waals surface area contributed by atoms with Gasteiger partial charge in [-0.3, -0.25) is 4.79 Å². The average Bonchev–Trinajstić information content (AvgIpc) is 2.96. The van der Waals surface area contributed by atoms with Gasteiger partial charge in [-0.15, -0.1) is 12.4 Å². The van der Waals surface area contributed by atoms with E-state index in [-0.39, 0.29) is 17.8 Å². The summed E-state index contributed by atoms with van der Waals surface area (Å²) in [5.41, 5.74) is 8.35. The minimum Gasteiger partial charge on any atom is -0.338 e. The summed E-state index contributed by atoms with van der Waals surface area (Å²) >= 11 is 0. The Kier molecular flexibility index (Phi) is 4.71. The van der Waals surface area contributed by atoms with Crippen molar-refractivity contribution in [2.45, 2.75) is 38.6 Å². The van der Waals surface area contributed by atoms with E-state index < -0.39 is 0 Å². The van der Waals surface area contributed by atoms with E-state index in [1.54, 1.807) is 0 Å². The predicted octanol–water partition coefficient (Wildman–Crippen LogP) is 2.51. The van der Waals surface area contributed by atoms with Crippen molar-refractivity contribution in [2.75, 3.05) is 13.1 Å². The molecule has 1 fully saturated rings. The zero-order valence-electron chi connectivity index (χ0n) is 11.8. The number of benzene rings is 1. The first-order valence-electron chi connectivity index (χ1n) is 7.31. The van der Waals surface area contributed by atoms with Crippen molar-refractivity contribution in [1.29, 1.82) is 0 Å². The molecule has 0 radical (unpaired) electrons. The summed E-state index contributed by atoms with van der Waals surface area (Å²) in [6.07, 6.45) is 5.21. The first-order valence-corrected chi connectivity index (χ1v) is 7.31. The number of nitrogens with two attached hydrogens (primary N) is 1. The predicted molar refractivity (Wildman–Crippen MR) is 82.8 cm³/mol. The summed E-state index contributed by atoms with van der Waals surface area (Å²) in [5.74, 6) is 0.294.